The molecular formula is C64H62ClFN8O4S8. The Balaban J connectivity index is 0.000000137. The molecule has 12 nitrogen and oxygen atoms in total. The summed E-state index contributed by atoms with van der Waals surface area (Å²) in [6.45, 7) is 25.3. The van der Waals surface area contributed by atoms with Gasteiger partial charge < -0.3 is 0 Å². The van der Waals surface area contributed by atoms with Crippen molar-refractivity contribution in [1.82, 2.24) is 38.0 Å². The molecule has 0 aliphatic rings. The fourth-order valence-corrected chi connectivity index (χ4v) is 16.8. The van der Waals surface area contributed by atoms with Gasteiger partial charge in [-0.1, -0.05) is 125 Å². The lowest BCUT2D eigenvalue weighted by molar-refractivity contribution is 0.628. The maximum atomic E-state index is 13.2. The average Bonchev–Trinajstić information content (AvgIpc) is 1.98. The molecule has 9 aromatic heterocycles. The van der Waals surface area contributed by atoms with E-state index in [-0.39, 0.29) is 28.1 Å². The number of rotatable bonds is 13. The van der Waals surface area contributed by atoms with Gasteiger partial charge in [0, 0.05) is 68.6 Å². The van der Waals surface area contributed by atoms with Crippen LogP contribution in [-0.2, 0) is 31.6 Å². The summed E-state index contributed by atoms with van der Waals surface area (Å²) < 4.78 is 19.9. The second kappa shape index (κ2) is 28.3. The van der Waals surface area contributed by atoms with Crippen LogP contribution in [0.2, 0.25) is 5.02 Å². The normalized spacial score (nSPS) is 11.2. The van der Waals surface area contributed by atoms with Crippen molar-refractivity contribution >= 4 is 139 Å². The van der Waals surface area contributed by atoms with Crippen molar-refractivity contribution in [1.29, 1.82) is 0 Å². The molecule has 0 bridgehead atoms. The van der Waals surface area contributed by atoms with E-state index in [1.54, 1.807) is 108 Å². The lowest BCUT2D eigenvalue weighted by Gasteiger charge is -2.10. The number of fused-ring (bicyclic) bond motifs is 4. The van der Waals surface area contributed by atoms with E-state index < -0.39 is 0 Å². The molecule has 86 heavy (non-hydrogen) atoms. The van der Waals surface area contributed by atoms with Crippen LogP contribution in [-0.4, -0.2) is 43.8 Å². The lowest BCUT2D eigenvalue weighted by Crippen LogP contribution is -2.22. The first-order chi connectivity index (χ1) is 41.2. The number of hydrogen-bond donors (Lipinski definition) is 0. The Bertz CT molecular complexity index is 4710. The highest BCUT2D eigenvalue weighted by Crippen LogP contribution is 2.35. The van der Waals surface area contributed by atoms with Crippen molar-refractivity contribution in [3.8, 4) is 21.7 Å². The van der Waals surface area contributed by atoms with Crippen LogP contribution in [0.25, 0.3) is 57.3 Å². The summed E-state index contributed by atoms with van der Waals surface area (Å²) in [7, 11) is 1.80. The molecule has 9 heterocycles. The quantitative estimate of drug-likeness (QED) is 0.0619. The van der Waals surface area contributed by atoms with E-state index in [1.165, 1.54) is 60.1 Å². The largest absolute Gasteiger partial charge is 0.290 e. The fourth-order valence-electron chi connectivity index (χ4n) is 9.01. The molecule has 12 rings (SSSR count). The van der Waals surface area contributed by atoms with Gasteiger partial charge in [0.1, 0.15) is 20.3 Å². The minimum absolute atomic E-state index is 0.0539. The standard InChI is InChI=1S/C17H17ClN2OS2.C17H18N2OS2.C16H9FN2OS2.C14H18N2OS2/c1-4-20-16(21)14-10(2)11(3)23-15(14)19-17(20)22-9-12-7-5-6-8-13(12)18;1-10-5-7-13(8-6-10)9-21-17-18-15-14(16(20)19(17)4)11(2)12(3)22-15;17-11-5-3-10(4-6-11)13-14(12-2-1-8-21-12)18-16-19(15(13)20)7-9-22-16;1-6-16-13(17)11-9(4)10(5)19-12(11)15-14(16)18-7-8(2)3/h5-8H,4,9H2,1-3H3;5-8H,9H2,1-4H3;1-9H;2,6-7H2,1,3-5H3. The monoisotopic (exact) mass is 1320 g/mol. The van der Waals surface area contributed by atoms with E-state index >= 15 is 0 Å². The first-order valence-corrected chi connectivity index (χ1v) is 34.8. The van der Waals surface area contributed by atoms with E-state index in [9.17, 15) is 23.6 Å². The Kier molecular flexibility index (Phi) is 21.1. The number of benzene rings is 3. The highest BCUT2D eigenvalue weighted by Gasteiger charge is 2.21. The number of hydrogen-bond acceptors (Lipinski definition) is 16. The molecule has 0 aliphatic heterocycles. The number of thioether (sulfide) groups is 3. The Labute approximate surface area is 535 Å². The first-order valence-electron chi connectivity index (χ1n) is 27.3. The van der Waals surface area contributed by atoms with Crippen LogP contribution in [0.15, 0.2) is 149 Å². The molecule has 0 spiro atoms. The molecule has 0 atom stereocenters. The number of halogens is 2. The van der Waals surface area contributed by atoms with E-state index in [1.807, 2.05) is 109 Å². The Hall–Kier alpha value is -6.27. The van der Waals surface area contributed by atoms with E-state index in [0.717, 1.165) is 100 Å². The fraction of sp³-hybridized carbons (Fsp3) is 0.250. The Morgan fingerprint density at radius 2 is 1.14 bits per heavy atom. The summed E-state index contributed by atoms with van der Waals surface area (Å²) in [6, 6.07) is 26.0. The molecule has 0 amide bonds. The molecule has 22 heteroatoms. The maximum Gasteiger partial charge on any atom is 0.267 e. The van der Waals surface area contributed by atoms with Gasteiger partial charge in [-0.2, -0.15) is 0 Å². The number of aromatic nitrogens is 8. The minimum Gasteiger partial charge on any atom is -0.290 e. The SMILES string of the molecule is C=C(C)CSc1nc2sc(C)c(C)c2c(=O)n1CC.CCn1c(SCc2ccccc2Cl)nc2sc(C)c(C)c2c1=O.Cc1ccc(CSc2nc3sc(C)c(C)c3c(=O)n2C)cc1.O=c1c(-c2ccc(F)cc2)c(-c2cccs2)nc2sccn12. The van der Waals surface area contributed by atoms with Crippen molar-refractivity contribution in [2.45, 2.75) is 109 Å². The van der Waals surface area contributed by atoms with Crippen LogP contribution in [0.1, 0.15) is 68.8 Å². The summed E-state index contributed by atoms with van der Waals surface area (Å²) in [5, 5.41) is 9.16. The summed E-state index contributed by atoms with van der Waals surface area (Å²) in [6.07, 6.45) is 1.71. The van der Waals surface area contributed by atoms with Gasteiger partial charge in [-0.05, 0) is 132 Å². The predicted octanol–water partition coefficient (Wildman–Crippen LogP) is 17.3. The van der Waals surface area contributed by atoms with Crippen LogP contribution >= 0.6 is 104 Å². The van der Waals surface area contributed by atoms with Crippen LogP contribution in [0.4, 0.5) is 4.39 Å². The summed E-state index contributed by atoms with van der Waals surface area (Å²) >= 11 is 18.7. The van der Waals surface area contributed by atoms with Gasteiger partial charge in [0.15, 0.2) is 20.4 Å². The van der Waals surface area contributed by atoms with Gasteiger partial charge in [-0.25, -0.2) is 24.3 Å². The molecule has 3 aromatic carbocycles. The number of thiophene rings is 4. The van der Waals surface area contributed by atoms with Crippen molar-refractivity contribution in [2.24, 2.45) is 7.05 Å². The molecule has 12 aromatic rings. The summed E-state index contributed by atoms with van der Waals surface area (Å²) in [5.41, 5.74) is 9.67. The smallest absolute Gasteiger partial charge is 0.267 e. The van der Waals surface area contributed by atoms with Crippen LogP contribution in [0.5, 0.6) is 0 Å². The molecule has 0 N–H and O–H groups in total. The summed E-state index contributed by atoms with van der Waals surface area (Å²) in [4.78, 5) is 77.1. The average molecular weight is 1320 g/mol. The zero-order valence-corrected chi connectivity index (χ0v) is 56.6. The predicted molar refractivity (Wildman–Crippen MR) is 368 cm³/mol. The van der Waals surface area contributed by atoms with Crippen molar-refractivity contribution in [2.75, 3.05) is 5.75 Å². The van der Waals surface area contributed by atoms with Gasteiger partial charge in [0.05, 0.1) is 32.3 Å². The second-order valence-electron chi connectivity index (χ2n) is 20.1. The van der Waals surface area contributed by atoms with Gasteiger partial charge in [-0.15, -0.1) is 56.7 Å². The highest BCUT2D eigenvalue weighted by atomic mass is 35.5. The topological polar surface area (TPSA) is 139 Å². The van der Waals surface area contributed by atoms with Gasteiger partial charge in [-0.3, -0.25) is 37.3 Å². The second-order valence-corrected chi connectivity index (χ2v) is 28.8. The highest BCUT2D eigenvalue weighted by molar-refractivity contribution is 7.99. The number of nitrogens with zero attached hydrogens (tertiary/aromatic N) is 8. The zero-order chi connectivity index (χ0) is 61.7. The lowest BCUT2D eigenvalue weighted by atomic mass is 10.0. The molecule has 0 unspecified atom stereocenters. The van der Waals surface area contributed by atoms with E-state index in [0.29, 0.717) is 40.6 Å². The van der Waals surface area contributed by atoms with Crippen molar-refractivity contribution in [3.05, 3.63) is 214 Å². The molecular weight excluding hydrogens is 1260 g/mol. The first kappa shape index (κ1) is 64.2. The van der Waals surface area contributed by atoms with Crippen molar-refractivity contribution < 1.29 is 4.39 Å². The molecule has 444 valence electrons. The van der Waals surface area contributed by atoms with Crippen LogP contribution in [0.3, 0.4) is 0 Å². The molecule has 0 saturated carbocycles. The molecule has 0 aliphatic carbocycles. The third-order valence-corrected chi connectivity index (χ3v) is 22.8. The molecule has 0 saturated heterocycles. The van der Waals surface area contributed by atoms with Gasteiger partial charge >= 0.3 is 0 Å². The number of thiazole rings is 1. The molecule has 0 fully saturated rings. The third-order valence-electron chi connectivity index (χ3n) is 14.1. The Morgan fingerprint density at radius 3 is 1.67 bits per heavy atom. The van der Waals surface area contributed by atoms with Crippen LogP contribution in [0, 0.1) is 54.3 Å². The van der Waals surface area contributed by atoms with Crippen LogP contribution < -0.4 is 22.2 Å². The third kappa shape index (κ3) is 14.0. The van der Waals surface area contributed by atoms with Crippen molar-refractivity contribution in [3.63, 3.8) is 0 Å². The summed E-state index contributed by atoms with van der Waals surface area (Å²) in [5.74, 6) is 1.98. The van der Waals surface area contributed by atoms with Gasteiger partial charge in [0.2, 0.25) is 0 Å². The minimum atomic E-state index is -0.328. The zero-order valence-electron chi connectivity index (χ0n) is 49.3. The maximum absolute atomic E-state index is 13.2. The van der Waals surface area contributed by atoms with Gasteiger partial charge in [0.25, 0.3) is 22.2 Å². The number of aryl methyl sites for hydroxylation is 7. The molecule has 0 radical (unpaired) electrons. The Morgan fingerprint density at radius 1 is 0.605 bits per heavy atom. The van der Waals surface area contributed by atoms with E-state index in [2.05, 4.69) is 47.7 Å². The van der Waals surface area contributed by atoms with E-state index in [4.69, 9.17) is 21.6 Å².